The molecule has 2 N–H and O–H groups in total. The minimum absolute atomic E-state index is 0.0433. The van der Waals surface area contributed by atoms with Crippen molar-refractivity contribution in [2.24, 2.45) is 0 Å². The predicted octanol–water partition coefficient (Wildman–Crippen LogP) is 0.840. The van der Waals surface area contributed by atoms with Gasteiger partial charge in [0.15, 0.2) is 0 Å². The Morgan fingerprint density at radius 1 is 1.64 bits per heavy atom. The van der Waals surface area contributed by atoms with Crippen molar-refractivity contribution >= 4 is 11.8 Å². The van der Waals surface area contributed by atoms with Crippen LogP contribution in [-0.4, -0.2) is 22.6 Å². The summed E-state index contributed by atoms with van der Waals surface area (Å²) in [4.78, 5) is 14.1. The zero-order chi connectivity index (χ0) is 10.4. The van der Waals surface area contributed by atoms with E-state index < -0.39 is 5.97 Å². The SMILES string of the molecule is N#Cc1ccc(NCCC(=O)O)nc1. The number of hydrogen-bond acceptors (Lipinski definition) is 4. The van der Waals surface area contributed by atoms with Crippen molar-refractivity contribution in [2.45, 2.75) is 6.42 Å². The number of carboxylic acid groups (broad SMARTS) is 1. The Morgan fingerprint density at radius 2 is 2.43 bits per heavy atom. The maximum absolute atomic E-state index is 10.2. The molecule has 0 spiro atoms. The van der Waals surface area contributed by atoms with Gasteiger partial charge in [-0.25, -0.2) is 4.98 Å². The third kappa shape index (κ3) is 3.11. The number of nitrogens with one attached hydrogen (secondary N) is 1. The van der Waals surface area contributed by atoms with Crippen LogP contribution in [0.1, 0.15) is 12.0 Å². The van der Waals surface area contributed by atoms with Crippen LogP contribution in [0.3, 0.4) is 0 Å². The van der Waals surface area contributed by atoms with Gasteiger partial charge in [0, 0.05) is 12.7 Å². The Bertz CT molecular complexity index is 353. The average Bonchev–Trinajstić information content (AvgIpc) is 2.18. The van der Waals surface area contributed by atoms with Gasteiger partial charge in [-0.15, -0.1) is 0 Å². The Morgan fingerprint density at radius 3 is 2.93 bits per heavy atom. The van der Waals surface area contributed by atoms with Crippen molar-refractivity contribution in [3.63, 3.8) is 0 Å². The Balaban J connectivity index is 2.45. The molecule has 0 atom stereocenters. The van der Waals surface area contributed by atoms with Crippen LogP contribution in [0.25, 0.3) is 0 Å². The molecule has 0 aliphatic carbocycles. The number of rotatable bonds is 4. The number of carboxylic acids is 1. The van der Waals surface area contributed by atoms with Crippen LogP contribution in [0.5, 0.6) is 0 Å². The average molecular weight is 191 g/mol. The molecule has 0 bridgehead atoms. The summed E-state index contributed by atoms with van der Waals surface area (Å²) in [5.74, 6) is -0.281. The molecule has 14 heavy (non-hydrogen) atoms. The van der Waals surface area contributed by atoms with E-state index in [1.165, 1.54) is 6.20 Å². The smallest absolute Gasteiger partial charge is 0.305 e. The lowest BCUT2D eigenvalue weighted by atomic mass is 10.3. The highest BCUT2D eigenvalue weighted by Crippen LogP contribution is 2.03. The fourth-order valence-electron chi connectivity index (χ4n) is 0.862. The second kappa shape index (κ2) is 4.82. The van der Waals surface area contributed by atoms with Gasteiger partial charge in [0.2, 0.25) is 0 Å². The largest absolute Gasteiger partial charge is 0.481 e. The Kier molecular flexibility index (Phi) is 3.44. The molecule has 0 radical (unpaired) electrons. The van der Waals surface area contributed by atoms with Crippen molar-refractivity contribution in [3.8, 4) is 6.07 Å². The normalized spacial score (nSPS) is 9.07. The van der Waals surface area contributed by atoms with Gasteiger partial charge < -0.3 is 10.4 Å². The molecule has 0 aliphatic rings. The summed E-state index contributed by atoms with van der Waals surface area (Å²) in [6.07, 6.45) is 1.48. The van der Waals surface area contributed by atoms with E-state index in [2.05, 4.69) is 10.3 Å². The molecule has 1 aromatic heterocycles. The number of carbonyl (C=O) groups is 1. The predicted molar refractivity (Wildman–Crippen MR) is 49.7 cm³/mol. The summed E-state index contributed by atoms with van der Waals surface area (Å²) < 4.78 is 0. The van der Waals surface area contributed by atoms with Crippen molar-refractivity contribution in [1.82, 2.24) is 4.98 Å². The summed E-state index contributed by atoms with van der Waals surface area (Å²) in [5.41, 5.74) is 0.480. The first kappa shape index (κ1) is 9.99. The maximum atomic E-state index is 10.2. The maximum Gasteiger partial charge on any atom is 0.305 e. The summed E-state index contributed by atoms with van der Waals surface area (Å²) in [7, 11) is 0. The molecule has 0 aromatic carbocycles. The summed E-state index contributed by atoms with van der Waals surface area (Å²) >= 11 is 0. The molecule has 0 saturated carbocycles. The van der Waals surface area contributed by atoms with Gasteiger partial charge in [0.1, 0.15) is 11.9 Å². The minimum atomic E-state index is -0.855. The van der Waals surface area contributed by atoms with Crippen LogP contribution in [-0.2, 0) is 4.79 Å². The zero-order valence-electron chi connectivity index (χ0n) is 7.40. The molecule has 0 unspecified atom stereocenters. The number of pyridine rings is 1. The highest BCUT2D eigenvalue weighted by Gasteiger charge is 1.97. The molecule has 1 rings (SSSR count). The highest BCUT2D eigenvalue weighted by atomic mass is 16.4. The Hall–Kier alpha value is -2.09. The molecular formula is C9H9N3O2. The van der Waals surface area contributed by atoms with Gasteiger partial charge in [-0.2, -0.15) is 5.26 Å². The highest BCUT2D eigenvalue weighted by molar-refractivity contribution is 5.67. The lowest BCUT2D eigenvalue weighted by Crippen LogP contribution is -2.08. The van der Waals surface area contributed by atoms with Crippen LogP contribution < -0.4 is 5.32 Å². The molecule has 0 aliphatic heterocycles. The number of aromatic nitrogens is 1. The van der Waals surface area contributed by atoms with Crippen molar-refractivity contribution < 1.29 is 9.90 Å². The Labute approximate surface area is 81.0 Å². The van der Waals surface area contributed by atoms with Gasteiger partial charge in [-0.1, -0.05) is 0 Å². The molecule has 0 amide bonds. The summed E-state index contributed by atoms with van der Waals surface area (Å²) in [6.45, 7) is 0.328. The summed E-state index contributed by atoms with van der Waals surface area (Å²) in [6, 6.07) is 5.20. The van der Waals surface area contributed by atoms with Crippen molar-refractivity contribution in [2.75, 3.05) is 11.9 Å². The number of nitriles is 1. The van der Waals surface area contributed by atoms with Crippen LogP contribution in [0.15, 0.2) is 18.3 Å². The lowest BCUT2D eigenvalue weighted by Gasteiger charge is -2.02. The van der Waals surface area contributed by atoms with Gasteiger partial charge >= 0.3 is 5.97 Å². The fraction of sp³-hybridized carbons (Fsp3) is 0.222. The second-order valence-electron chi connectivity index (χ2n) is 2.61. The minimum Gasteiger partial charge on any atom is -0.481 e. The zero-order valence-corrected chi connectivity index (χ0v) is 7.40. The molecule has 1 heterocycles. The fourth-order valence-corrected chi connectivity index (χ4v) is 0.862. The molecule has 0 fully saturated rings. The summed E-state index contributed by atoms with van der Waals surface area (Å²) in [5, 5.41) is 19.7. The van der Waals surface area contributed by atoms with Crippen LogP contribution in [0, 0.1) is 11.3 Å². The van der Waals surface area contributed by atoms with Crippen LogP contribution >= 0.6 is 0 Å². The first-order chi connectivity index (χ1) is 6.72. The first-order valence-corrected chi connectivity index (χ1v) is 4.04. The van der Waals surface area contributed by atoms with Gasteiger partial charge in [-0.3, -0.25) is 4.79 Å². The second-order valence-corrected chi connectivity index (χ2v) is 2.61. The van der Waals surface area contributed by atoms with Crippen molar-refractivity contribution in [1.29, 1.82) is 5.26 Å². The molecule has 5 heteroatoms. The lowest BCUT2D eigenvalue weighted by molar-refractivity contribution is -0.136. The molecule has 5 nitrogen and oxygen atoms in total. The molecule has 1 aromatic rings. The quantitative estimate of drug-likeness (QED) is 0.736. The van der Waals surface area contributed by atoms with Crippen molar-refractivity contribution in [3.05, 3.63) is 23.9 Å². The molecular weight excluding hydrogens is 182 g/mol. The molecule has 0 saturated heterocycles. The third-order valence-electron chi connectivity index (χ3n) is 1.54. The monoisotopic (exact) mass is 191 g/mol. The van der Waals surface area contributed by atoms with Gasteiger partial charge in [0.25, 0.3) is 0 Å². The third-order valence-corrected chi connectivity index (χ3v) is 1.54. The van der Waals surface area contributed by atoms with E-state index in [4.69, 9.17) is 10.4 Å². The van der Waals surface area contributed by atoms with E-state index in [0.717, 1.165) is 0 Å². The van der Waals surface area contributed by atoms with E-state index in [1.807, 2.05) is 6.07 Å². The topological polar surface area (TPSA) is 86.0 Å². The van der Waals surface area contributed by atoms with Gasteiger partial charge in [0.05, 0.1) is 12.0 Å². The number of hydrogen-bond donors (Lipinski definition) is 2. The molecule has 72 valence electrons. The first-order valence-electron chi connectivity index (χ1n) is 4.04. The van der Waals surface area contributed by atoms with E-state index >= 15 is 0 Å². The van der Waals surface area contributed by atoms with E-state index in [1.54, 1.807) is 12.1 Å². The van der Waals surface area contributed by atoms with Gasteiger partial charge in [-0.05, 0) is 12.1 Å². The van der Waals surface area contributed by atoms with Crippen LogP contribution in [0.2, 0.25) is 0 Å². The van der Waals surface area contributed by atoms with E-state index in [0.29, 0.717) is 17.9 Å². The standard InChI is InChI=1S/C9H9N3O2/c10-5-7-1-2-8(12-6-7)11-4-3-9(13)14/h1-2,6H,3-4H2,(H,11,12)(H,13,14). The van der Waals surface area contributed by atoms with E-state index in [9.17, 15) is 4.79 Å². The number of anilines is 1. The van der Waals surface area contributed by atoms with Crippen LogP contribution in [0.4, 0.5) is 5.82 Å². The van der Waals surface area contributed by atoms with E-state index in [-0.39, 0.29) is 6.42 Å². The number of nitrogens with zero attached hydrogens (tertiary/aromatic N) is 2. The number of aliphatic carboxylic acids is 1.